The second-order valence-corrected chi connectivity index (χ2v) is 5.53. The Morgan fingerprint density at radius 2 is 2.05 bits per heavy atom. The van der Waals surface area contributed by atoms with Crippen LogP contribution in [0.4, 0.5) is 13.2 Å². The molecule has 0 aliphatic heterocycles. The predicted molar refractivity (Wildman–Crippen MR) is 77.6 cm³/mol. The minimum Gasteiger partial charge on any atom is -0.496 e. The van der Waals surface area contributed by atoms with Crippen molar-refractivity contribution in [3.8, 4) is 16.9 Å². The zero-order chi connectivity index (χ0) is 15.5. The summed E-state index contributed by atoms with van der Waals surface area (Å²) in [5, 5.41) is 0. The summed E-state index contributed by atoms with van der Waals surface area (Å²) in [5.74, 6) is 0.748. The Hall–Kier alpha value is -1.69. The second kappa shape index (κ2) is 6.39. The number of methoxy groups -OCH3 is 1. The van der Waals surface area contributed by atoms with E-state index in [1.165, 1.54) is 13.2 Å². The number of thioether (sulfide) groups is 1. The number of hydrogen-bond donors (Lipinski definition) is 0. The Balaban J connectivity index is 2.64. The molecule has 0 amide bonds. The lowest BCUT2D eigenvalue weighted by molar-refractivity contribution is -0.139. The molecule has 0 N–H and O–H groups in total. The molecule has 21 heavy (non-hydrogen) atoms. The van der Waals surface area contributed by atoms with Gasteiger partial charge in [0.05, 0.1) is 12.7 Å². The molecular formula is C15H14F3NOS. The average molecular weight is 313 g/mol. The Labute approximate surface area is 125 Å². The first-order valence-corrected chi connectivity index (χ1v) is 7.28. The minimum absolute atomic E-state index is 0.191. The molecule has 0 aliphatic rings. The Morgan fingerprint density at radius 1 is 1.29 bits per heavy atom. The molecular weight excluding hydrogens is 299 g/mol. The zero-order valence-electron chi connectivity index (χ0n) is 11.6. The maximum atomic E-state index is 13.1. The molecule has 0 atom stereocenters. The summed E-state index contributed by atoms with van der Waals surface area (Å²) in [6, 6.07) is 6.10. The maximum absolute atomic E-state index is 13.1. The molecule has 0 saturated heterocycles. The molecule has 1 aromatic carbocycles. The van der Waals surface area contributed by atoms with Gasteiger partial charge in [0.25, 0.3) is 0 Å². The van der Waals surface area contributed by atoms with Gasteiger partial charge in [-0.15, -0.1) is 11.8 Å². The Kier molecular flexibility index (Phi) is 4.77. The van der Waals surface area contributed by atoms with Crippen molar-refractivity contribution in [1.29, 1.82) is 0 Å². The molecule has 2 aromatic rings. The number of ether oxygens (including phenoxy) is 1. The maximum Gasteiger partial charge on any atom is 0.417 e. The quantitative estimate of drug-likeness (QED) is 0.750. The lowest BCUT2D eigenvalue weighted by Crippen LogP contribution is -2.08. The fourth-order valence-corrected chi connectivity index (χ4v) is 2.82. The van der Waals surface area contributed by atoms with Gasteiger partial charge in [0, 0.05) is 28.4 Å². The number of nitrogens with zero attached hydrogens (tertiary/aromatic N) is 1. The molecule has 6 heteroatoms. The van der Waals surface area contributed by atoms with Crippen LogP contribution in [0.2, 0.25) is 0 Å². The van der Waals surface area contributed by atoms with Crippen molar-refractivity contribution in [1.82, 2.24) is 4.98 Å². The molecule has 1 heterocycles. The number of aromatic nitrogens is 1. The van der Waals surface area contributed by atoms with Gasteiger partial charge in [0.2, 0.25) is 0 Å². The summed E-state index contributed by atoms with van der Waals surface area (Å²) in [5.41, 5.74) is 0.661. The van der Waals surface area contributed by atoms with Crippen molar-refractivity contribution in [3.05, 3.63) is 42.2 Å². The Bertz CT molecular complexity index is 614. The molecule has 2 nitrogen and oxygen atoms in total. The average Bonchev–Trinajstić information content (AvgIpc) is 2.47. The summed E-state index contributed by atoms with van der Waals surface area (Å²) >= 11 is 1.16. The monoisotopic (exact) mass is 313 g/mol. The summed E-state index contributed by atoms with van der Waals surface area (Å²) < 4.78 is 44.6. The number of halogens is 3. The van der Waals surface area contributed by atoms with Gasteiger partial charge >= 0.3 is 6.18 Å². The SMILES string of the molecule is CCSc1cc(-c2cccnc2)c(OC)cc1C(F)(F)F. The number of rotatable bonds is 4. The van der Waals surface area contributed by atoms with E-state index in [9.17, 15) is 13.2 Å². The van der Waals surface area contributed by atoms with Crippen LogP contribution in [0.5, 0.6) is 5.75 Å². The van der Waals surface area contributed by atoms with Gasteiger partial charge in [-0.1, -0.05) is 13.0 Å². The van der Waals surface area contributed by atoms with Crippen molar-refractivity contribution in [2.24, 2.45) is 0 Å². The highest BCUT2D eigenvalue weighted by atomic mass is 32.2. The van der Waals surface area contributed by atoms with Gasteiger partial charge in [0.15, 0.2) is 0 Å². The normalized spacial score (nSPS) is 11.5. The number of benzene rings is 1. The fourth-order valence-electron chi connectivity index (χ4n) is 1.97. The van der Waals surface area contributed by atoms with Gasteiger partial charge < -0.3 is 4.74 Å². The van der Waals surface area contributed by atoms with Gasteiger partial charge in [-0.2, -0.15) is 13.2 Å². The van der Waals surface area contributed by atoms with E-state index in [4.69, 9.17) is 4.74 Å². The van der Waals surface area contributed by atoms with Crippen molar-refractivity contribution >= 4 is 11.8 Å². The van der Waals surface area contributed by atoms with Crippen LogP contribution in [-0.4, -0.2) is 17.8 Å². The van der Waals surface area contributed by atoms with E-state index < -0.39 is 11.7 Å². The van der Waals surface area contributed by atoms with Crippen LogP contribution in [0.3, 0.4) is 0 Å². The van der Waals surface area contributed by atoms with Crippen LogP contribution < -0.4 is 4.74 Å². The van der Waals surface area contributed by atoms with Crippen LogP contribution in [0.1, 0.15) is 12.5 Å². The molecule has 0 saturated carbocycles. The molecule has 0 fully saturated rings. The second-order valence-electron chi connectivity index (χ2n) is 4.22. The van der Waals surface area contributed by atoms with Crippen molar-refractivity contribution in [2.75, 3.05) is 12.9 Å². The van der Waals surface area contributed by atoms with E-state index in [0.29, 0.717) is 11.3 Å². The van der Waals surface area contributed by atoms with Gasteiger partial charge in [-0.05, 0) is 24.0 Å². The van der Waals surface area contributed by atoms with Crippen LogP contribution >= 0.6 is 11.8 Å². The molecule has 2 rings (SSSR count). The third-order valence-corrected chi connectivity index (χ3v) is 3.82. The molecule has 0 unspecified atom stereocenters. The summed E-state index contributed by atoms with van der Waals surface area (Å²) in [4.78, 5) is 4.20. The van der Waals surface area contributed by atoms with E-state index in [1.807, 2.05) is 6.92 Å². The molecule has 0 spiro atoms. The summed E-state index contributed by atoms with van der Waals surface area (Å²) in [6.45, 7) is 1.82. The van der Waals surface area contributed by atoms with Crippen LogP contribution in [-0.2, 0) is 6.18 Å². The van der Waals surface area contributed by atoms with Gasteiger partial charge in [0.1, 0.15) is 5.75 Å². The smallest absolute Gasteiger partial charge is 0.417 e. The summed E-state index contributed by atoms with van der Waals surface area (Å²) in [6.07, 6.45) is -1.19. The van der Waals surface area contributed by atoms with Crippen LogP contribution in [0, 0.1) is 0 Å². The third-order valence-electron chi connectivity index (χ3n) is 2.88. The first kappa shape index (κ1) is 15.7. The lowest BCUT2D eigenvalue weighted by Gasteiger charge is -2.17. The lowest BCUT2D eigenvalue weighted by atomic mass is 10.0. The van der Waals surface area contributed by atoms with Gasteiger partial charge in [-0.3, -0.25) is 4.98 Å². The number of hydrogen-bond acceptors (Lipinski definition) is 3. The fraction of sp³-hybridized carbons (Fsp3) is 0.267. The molecule has 1 aromatic heterocycles. The van der Waals surface area contributed by atoms with E-state index in [0.717, 1.165) is 23.4 Å². The standard InChI is InChI=1S/C15H14F3NOS/c1-3-21-14-7-11(10-5-4-6-19-9-10)13(20-2)8-12(14)15(16,17)18/h4-9H,3H2,1-2H3. The highest BCUT2D eigenvalue weighted by Gasteiger charge is 2.34. The first-order chi connectivity index (χ1) is 9.97. The number of alkyl halides is 3. The topological polar surface area (TPSA) is 22.1 Å². The van der Waals surface area contributed by atoms with Crippen molar-refractivity contribution in [3.63, 3.8) is 0 Å². The molecule has 112 valence electrons. The Morgan fingerprint density at radius 3 is 2.57 bits per heavy atom. The van der Waals surface area contributed by atoms with Crippen molar-refractivity contribution in [2.45, 2.75) is 18.0 Å². The summed E-state index contributed by atoms with van der Waals surface area (Å²) in [7, 11) is 1.36. The van der Waals surface area contributed by atoms with Crippen LogP contribution in [0.15, 0.2) is 41.6 Å². The van der Waals surface area contributed by atoms with Gasteiger partial charge in [-0.25, -0.2) is 0 Å². The highest BCUT2D eigenvalue weighted by Crippen LogP contribution is 2.43. The molecule has 0 aliphatic carbocycles. The number of pyridine rings is 1. The molecule has 0 radical (unpaired) electrons. The predicted octanol–water partition coefficient (Wildman–Crippen LogP) is 4.89. The highest BCUT2D eigenvalue weighted by molar-refractivity contribution is 7.99. The third kappa shape index (κ3) is 3.50. The van der Waals surface area contributed by atoms with Crippen LogP contribution in [0.25, 0.3) is 11.1 Å². The van der Waals surface area contributed by atoms with E-state index in [-0.39, 0.29) is 10.6 Å². The van der Waals surface area contributed by atoms with E-state index >= 15 is 0 Å². The zero-order valence-corrected chi connectivity index (χ0v) is 12.4. The first-order valence-electron chi connectivity index (χ1n) is 6.29. The molecule has 0 bridgehead atoms. The van der Waals surface area contributed by atoms with E-state index in [1.54, 1.807) is 24.5 Å². The largest absolute Gasteiger partial charge is 0.496 e. The van der Waals surface area contributed by atoms with Crippen molar-refractivity contribution < 1.29 is 17.9 Å². The minimum atomic E-state index is -4.40. The van der Waals surface area contributed by atoms with E-state index in [2.05, 4.69) is 4.98 Å².